The van der Waals surface area contributed by atoms with Crippen LogP contribution in [0.1, 0.15) is 29.0 Å². The molecular weight excluding hydrogens is 387 g/mol. The van der Waals surface area contributed by atoms with Crippen LogP contribution < -0.4 is 5.73 Å². The van der Waals surface area contributed by atoms with Gasteiger partial charge in [-0.25, -0.2) is 4.39 Å². The van der Waals surface area contributed by atoms with E-state index in [-0.39, 0.29) is 24.1 Å². The van der Waals surface area contributed by atoms with E-state index in [0.717, 1.165) is 27.6 Å². The molecule has 1 unspecified atom stereocenters. The summed E-state index contributed by atoms with van der Waals surface area (Å²) in [4.78, 5) is 11.9. The largest absolute Gasteiger partial charge is 0.370 e. The Labute approximate surface area is 173 Å². The van der Waals surface area contributed by atoms with E-state index < -0.39 is 0 Å². The Bertz CT molecular complexity index is 1170. The van der Waals surface area contributed by atoms with E-state index in [4.69, 9.17) is 17.3 Å². The Morgan fingerprint density at radius 3 is 2.52 bits per heavy atom. The number of aromatic nitrogens is 1. The lowest BCUT2D eigenvalue weighted by atomic mass is 9.88. The number of rotatable bonds is 6. The van der Waals surface area contributed by atoms with E-state index in [1.54, 1.807) is 12.1 Å². The van der Waals surface area contributed by atoms with Crippen LogP contribution in [0.4, 0.5) is 4.39 Å². The lowest BCUT2D eigenvalue weighted by molar-refractivity contribution is -0.118. The molecule has 1 heterocycles. The zero-order valence-electron chi connectivity index (χ0n) is 15.7. The van der Waals surface area contributed by atoms with E-state index in [1.165, 1.54) is 12.1 Å². The summed E-state index contributed by atoms with van der Waals surface area (Å²) in [5.41, 5.74) is 9.58. The predicted molar refractivity (Wildman–Crippen MR) is 115 cm³/mol. The van der Waals surface area contributed by atoms with Crippen molar-refractivity contribution in [3.63, 3.8) is 0 Å². The summed E-state index contributed by atoms with van der Waals surface area (Å²) in [5, 5.41) is 1.67. The molecule has 1 amide bonds. The van der Waals surface area contributed by atoms with Crippen molar-refractivity contribution in [3.05, 3.63) is 107 Å². The summed E-state index contributed by atoms with van der Waals surface area (Å²) < 4.78 is 15.4. The second-order valence-corrected chi connectivity index (χ2v) is 7.57. The van der Waals surface area contributed by atoms with Crippen LogP contribution >= 0.6 is 11.6 Å². The number of hydrogen-bond acceptors (Lipinski definition) is 1. The number of primary amides is 1. The molecule has 0 saturated carbocycles. The van der Waals surface area contributed by atoms with E-state index in [9.17, 15) is 9.18 Å². The molecule has 0 radical (unpaired) electrons. The molecule has 0 aliphatic rings. The minimum absolute atomic E-state index is 0.185. The number of benzene rings is 3. The minimum Gasteiger partial charge on any atom is -0.370 e. The van der Waals surface area contributed by atoms with Crippen molar-refractivity contribution >= 4 is 28.4 Å². The van der Waals surface area contributed by atoms with Crippen molar-refractivity contribution in [1.29, 1.82) is 0 Å². The van der Waals surface area contributed by atoms with E-state index >= 15 is 0 Å². The van der Waals surface area contributed by atoms with Crippen molar-refractivity contribution < 1.29 is 9.18 Å². The maximum Gasteiger partial charge on any atom is 0.218 e. The zero-order valence-corrected chi connectivity index (χ0v) is 16.4. The van der Waals surface area contributed by atoms with Crippen molar-refractivity contribution in [2.45, 2.75) is 18.9 Å². The maximum atomic E-state index is 13.3. The molecule has 1 aromatic heterocycles. The molecule has 0 fully saturated rings. The van der Waals surface area contributed by atoms with Crippen LogP contribution in [0.25, 0.3) is 10.9 Å². The van der Waals surface area contributed by atoms with Crippen molar-refractivity contribution in [3.8, 4) is 0 Å². The smallest absolute Gasteiger partial charge is 0.218 e. The number of nitrogens with two attached hydrogens (primary N) is 1. The standard InChI is InChI=1S/C24H20ClFN2O/c25-18-5-3-4-17(12-18)21(13-24(27)29)22-15-28(23-7-2-1-6-20(22)23)14-16-8-10-19(26)11-9-16/h1-12,15,21H,13-14H2,(H2,27,29). The number of nitrogens with zero attached hydrogens (tertiary/aromatic N) is 1. The van der Waals surface area contributed by atoms with Gasteiger partial charge in [0.25, 0.3) is 0 Å². The van der Waals surface area contributed by atoms with Gasteiger partial charge in [0.05, 0.1) is 0 Å². The summed E-state index contributed by atoms with van der Waals surface area (Å²) in [6.45, 7) is 0.597. The van der Waals surface area contributed by atoms with Gasteiger partial charge in [0, 0.05) is 41.0 Å². The molecule has 5 heteroatoms. The minimum atomic E-state index is -0.370. The van der Waals surface area contributed by atoms with Gasteiger partial charge in [-0.3, -0.25) is 4.79 Å². The highest BCUT2D eigenvalue weighted by Crippen LogP contribution is 2.35. The number of hydrogen-bond donors (Lipinski definition) is 1. The molecule has 0 aliphatic carbocycles. The Balaban J connectivity index is 1.83. The first kappa shape index (κ1) is 19.2. The molecular formula is C24H20ClFN2O. The molecule has 0 aliphatic heterocycles. The third kappa shape index (κ3) is 4.17. The van der Waals surface area contributed by atoms with Crippen LogP contribution in [0.5, 0.6) is 0 Å². The van der Waals surface area contributed by atoms with Gasteiger partial charge in [0.1, 0.15) is 5.82 Å². The molecule has 1 atom stereocenters. The van der Waals surface area contributed by atoms with Crippen LogP contribution in [-0.4, -0.2) is 10.5 Å². The number of para-hydroxylation sites is 1. The second-order valence-electron chi connectivity index (χ2n) is 7.13. The summed E-state index contributed by atoms with van der Waals surface area (Å²) >= 11 is 6.20. The van der Waals surface area contributed by atoms with Gasteiger partial charge in [0.2, 0.25) is 5.91 Å². The fraction of sp³-hybridized carbons (Fsp3) is 0.125. The Morgan fingerprint density at radius 1 is 1.03 bits per heavy atom. The first-order valence-electron chi connectivity index (χ1n) is 9.37. The fourth-order valence-electron chi connectivity index (χ4n) is 3.80. The maximum absolute atomic E-state index is 13.3. The Kier molecular flexibility index (Phi) is 5.36. The van der Waals surface area contributed by atoms with Gasteiger partial charge in [-0.2, -0.15) is 0 Å². The molecule has 4 rings (SSSR count). The van der Waals surface area contributed by atoms with Crippen molar-refractivity contribution in [2.24, 2.45) is 5.73 Å². The number of carbonyl (C=O) groups excluding carboxylic acids is 1. The van der Waals surface area contributed by atoms with Crippen molar-refractivity contribution in [2.75, 3.05) is 0 Å². The van der Waals surface area contributed by atoms with Gasteiger partial charge < -0.3 is 10.3 Å². The number of amides is 1. The first-order chi connectivity index (χ1) is 14.0. The topological polar surface area (TPSA) is 48.0 Å². The van der Waals surface area contributed by atoms with Crippen LogP contribution in [0.2, 0.25) is 5.02 Å². The van der Waals surface area contributed by atoms with Crippen LogP contribution in [0, 0.1) is 5.82 Å². The third-order valence-electron chi connectivity index (χ3n) is 5.12. The van der Waals surface area contributed by atoms with Gasteiger partial charge in [0.15, 0.2) is 0 Å². The second kappa shape index (κ2) is 8.10. The quantitative estimate of drug-likeness (QED) is 0.452. The summed E-state index contributed by atoms with van der Waals surface area (Å²) in [5.74, 6) is -0.829. The number of halogens is 2. The van der Waals surface area contributed by atoms with Crippen LogP contribution in [0.15, 0.2) is 79.0 Å². The molecule has 146 valence electrons. The average molecular weight is 407 g/mol. The van der Waals surface area contributed by atoms with Crippen molar-refractivity contribution in [1.82, 2.24) is 4.57 Å². The molecule has 0 spiro atoms. The monoisotopic (exact) mass is 406 g/mol. The van der Waals surface area contributed by atoms with E-state index in [1.807, 2.05) is 48.5 Å². The highest BCUT2D eigenvalue weighted by molar-refractivity contribution is 6.30. The molecule has 0 saturated heterocycles. The van der Waals surface area contributed by atoms with Gasteiger partial charge >= 0.3 is 0 Å². The number of fused-ring (bicyclic) bond motifs is 1. The van der Waals surface area contributed by atoms with Gasteiger partial charge in [-0.15, -0.1) is 0 Å². The highest BCUT2D eigenvalue weighted by Gasteiger charge is 2.22. The molecule has 4 aromatic rings. The Hall–Kier alpha value is -3.11. The Morgan fingerprint density at radius 2 is 1.79 bits per heavy atom. The summed E-state index contributed by atoms with van der Waals surface area (Å²) in [7, 11) is 0. The SMILES string of the molecule is NC(=O)CC(c1cccc(Cl)c1)c1cn(Cc2ccc(F)cc2)c2ccccc12. The third-order valence-corrected chi connectivity index (χ3v) is 5.35. The lowest BCUT2D eigenvalue weighted by Gasteiger charge is -2.16. The molecule has 29 heavy (non-hydrogen) atoms. The summed E-state index contributed by atoms with van der Waals surface area (Å²) in [6, 6.07) is 22.1. The van der Waals surface area contributed by atoms with Crippen LogP contribution in [-0.2, 0) is 11.3 Å². The molecule has 2 N–H and O–H groups in total. The average Bonchev–Trinajstić information content (AvgIpc) is 3.06. The zero-order chi connectivity index (χ0) is 20.4. The predicted octanol–water partition coefficient (Wildman–Crippen LogP) is 5.49. The lowest BCUT2D eigenvalue weighted by Crippen LogP contribution is -2.16. The van der Waals surface area contributed by atoms with Gasteiger partial charge in [-0.05, 0) is 47.0 Å². The molecule has 3 nitrogen and oxygen atoms in total. The summed E-state index contributed by atoms with van der Waals surface area (Å²) in [6.07, 6.45) is 2.24. The van der Waals surface area contributed by atoms with Gasteiger partial charge in [-0.1, -0.05) is 54.1 Å². The van der Waals surface area contributed by atoms with E-state index in [0.29, 0.717) is 11.6 Å². The highest BCUT2D eigenvalue weighted by atomic mass is 35.5. The van der Waals surface area contributed by atoms with E-state index in [2.05, 4.69) is 10.8 Å². The normalized spacial score (nSPS) is 12.2. The van der Waals surface area contributed by atoms with Crippen LogP contribution in [0.3, 0.4) is 0 Å². The molecule has 3 aromatic carbocycles. The fourth-order valence-corrected chi connectivity index (χ4v) is 4.00. The molecule has 0 bridgehead atoms. The number of carbonyl (C=O) groups is 1. The first-order valence-corrected chi connectivity index (χ1v) is 9.75.